The minimum absolute atomic E-state index is 0.101. The minimum Gasteiger partial charge on any atom is -0.480 e. The number of nitro groups is 1. The Morgan fingerprint density at radius 1 is 1.50 bits per heavy atom. The average Bonchev–Trinajstić information content (AvgIpc) is 2.27. The number of rotatable bonds is 4. The maximum Gasteiger partial charge on any atom is 0.323 e. The molecule has 0 fully saturated rings. The lowest BCUT2D eigenvalue weighted by molar-refractivity contribution is -0.385. The minimum atomic E-state index is -1.51. The van der Waals surface area contributed by atoms with Gasteiger partial charge in [-0.15, -0.1) is 0 Å². The molecule has 0 bridgehead atoms. The molecule has 1 unspecified atom stereocenters. The van der Waals surface area contributed by atoms with Gasteiger partial charge in [0.1, 0.15) is 12.1 Å². The third-order valence-electron chi connectivity index (χ3n) is 2.05. The standard InChI is InChI=1S/C9H10N2O5/c10-7(9(13)14)8(12)5-2-1-3-6(4-5)11(15)16/h1-4,7-8,12H,10H2,(H,13,14)/t7-,8?/m0/s1. The summed E-state index contributed by atoms with van der Waals surface area (Å²) in [5.41, 5.74) is 5.07. The van der Waals surface area contributed by atoms with Crippen LogP contribution in [-0.4, -0.2) is 27.1 Å². The smallest absolute Gasteiger partial charge is 0.323 e. The lowest BCUT2D eigenvalue weighted by Gasteiger charge is -2.14. The molecule has 1 aromatic rings. The maximum atomic E-state index is 10.5. The molecule has 2 atom stereocenters. The molecule has 0 saturated carbocycles. The van der Waals surface area contributed by atoms with Gasteiger partial charge in [-0.3, -0.25) is 14.9 Å². The van der Waals surface area contributed by atoms with Crippen molar-refractivity contribution in [3.05, 3.63) is 39.9 Å². The Kier molecular flexibility index (Phi) is 3.54. The van der Waals surface area contributed by atoms with Crippen molar-refractivity contribution < 1.29 is 19.9 Å². The Bertz CT molecular complexity index is 420. The normalized spacial score (nSPS) is 14.1. The molecule has 0 aliphatic carbocycles. The van der Waals surface area contributed by atoms with Crippen LogP contribution in [0.4, 0.5) is 5.69 Å². The summed E-state index contributed by atoms with van der Waals surface area (Å²) in [5, 5.41) is 28.6. The zero-order valence-corrected chi connectivity index (χ0v) is 8.11. The molecule has 0 aliphatic rings. The van der Waals surface area contributed by atoms with Crippen molar-refractivity contribution >= 4 is 11.7 Å². The number of hydrogen-bond acceptors (Lipinski definition) is 5. The Labute approximate surface area is 90.3 Å². The molecule has 0 amide bonds. The maximum absolute atomic E-state index is 10.5. The van der Waals surface area contributed by atoms with Crippen LogP contribution in [0.2, 0.25) is 0 Å². The van der Waals surface area contributed by atoms with Gasteiger partial charge in [0.25, 0.3) is 5.69 Å². The Hall–Kier alpha value is -1.99. The second-order valence-electron chi connectivity index (χ2n) is 3.16. The van der Waals surface area contributed by atoms with Crippen molar-refractivity contribution in [3.8, 4) is 0 Å². The molecule has 0 saturated heterocycles. The van der Waals surface area contributed by atoms with Gasteiger partial charge in [0.2, 0.25) is 0 Å². The molecule has 0 heterocycles. The lowest BCUT2D eigenvalue weighted by atomic mass is 10.0. The highest BCUT2D eigenvalue weighted by Gasteiger charge is 2.24. The molecule has 0 aromatic heterocycles. The Morgan fingerprint density at radius 3 is 2.62 bits per heavy atom. The highest BCUT2D eigenvalue weighted by Crippen LogP contribution is 2.20. The van der Waals surface area contributed by atoms with Gasteiger partial charge in [-0.2, -0.15) is 0 Å². The Morgan fingerprint density at radius 2 is 2.12 bits per heavy atom. The fraction of sp³-hybridized carbons (Fsp3) is 0.222. The summed E-state index contributed by atoms with van der Waals surface area (Å²) < 4.78 is 0. The van der Waals surface area contributed by atoms with E-state index in [-0.39, 0.29) is 11.3 Å². The van der Waals surface area contributed by atoms with Crippen LogP contribution in [-0.2, 0) is 4.79 Å². The number of hydrogen-bond donors (Lipinski definition) is 3. The van der Waals surface area contributed by atoms with Crippen LogP contribution >= 0.6 is 0 Å². The molecular formula is C9H10N2O5. The monoisotopic (exact) mass is 226 g/mol. The summed E-state index contributed by atoms with van der Waals surface area (Å²) in [6.45, 7) is 0. The highest BCUT2D eigenvalue weighted by atomic mass is 16.6. The van der Waals surface area contributed by atoms with Gasteiger partial charge in [-0.1, -0.05) is 12.1 Å². The van der Waals surface area contributed by atoms with E-state index in [4.69, 9.17) is 10.8 Å². The summed E-state index contributed by atoms with van der Waals surface area (Å²) >= 11 is 0. The largest absolute Gasteiger partial charge is 0.480 e. The van der Waals surface area contributed by atoms with Crippen molar-refractivity contribution in [3.63, 3.8) is 0 Å². The van der Waals surface area contributed by atoms with Gasteiger partial charge >= 0.3 is 5.97 Å². The second-order valence-corrected chi connectivity index (χ2v) is 3.16. The van der Waals surface area contributed by atoms with E-state index in [9.17, 15) is 20.0 Å². The number of non-ortho nitro benzene ring substituents is 1. The molecule has 16 heavy (non-hydrogen) atoms. The predicted octanol–water partition coefficient (Wildman–Crippen LogP) is 0.0401. The fourth-order valence-electron chi connectivity index (χ4n) is 1.16. The zero-order chi connectivity index (χ0) is 12.3. The van der Waals surface area contributed by atoms with Crippen molar-refractivity contribution in [1.82, 2.24) is 0 Å². The van der Waals surface area contributed by atoms with E-state index in [0.717, 1.165) is 6.07 Å². The topological polar surface area (TPSA) is 127 Å². The number of aliphatic hydroxyl groups is 1. The van der Waals surface area contributed by atoms with Crippen LogP contribution in [0.5, 0.6) is 0 Å². The van der Waals surface area contributed by atoms with E-state index >= 15 is 0 Å². The molecule has 1 aromatic carbocycles. The number of carbonyl (C=O) groups is 1. The first kappa shape index (κ1) is 12.1. The number of carboxylic acids is 1. The molecule has 0 spiro atoms. The number of nitro benzene ring substituents is 1. The van der Waals surface area contributed by atoms with E-state index in [1.807, 2.05) is 0 Å². The third-order valence-corrected chi connectivity index (χ3v) is 2.05. The first-order valence-electron chi connectivity index (χ1n) is 4.34. The van der Waals surface area contributed by atoms with E-state index in [1.54, 1.807) is 0 Å². The predicted molar refractivity (Wildman–Crippen MR) is 53.7 cm³/mol. The summed E-state index contributed by atoms with van der Waals surface area (Å²) in [7, 11) is 0. The average molecular weight is 226 g/mol. The van der Waals surface area contributed by atoms with Crippen LogP contribution in [0.15, 0.2) is 24.3 Å². The van der Waals surface area contributed by atoms with Gasteiger partial charge in [0.05, 0.1) is 4.92 Å². The molecule has 0 radical (unpaired) electrons. The second kappa shape index (κ2) is 4.69. The van der Waals surface area contributed by atoms with Crippen LogP contribution in [0, 0.1) is 10.1 Å². The van der Waals surface area contributed by atoms with Crippen LogP contribution in [0.3, 0.4) is 0 Å². The molecular weight excluding hydrogens is 216 g/mol. The third kappa shape index (κ3) is 2.53. The number of aliphatic carboxylic acids is 1. The Balaban J connectivity index is 3.00. The van der Waals surface area contributed by atoms with Crippen LogP contribution < -0.4 is 5.73 Å². The van der Waals surface area contributed by atoms with Gasteiger partial charge in [-0.25, -0.2) is 0 Å². The van der Waals surface area contributed by atoms with Gasteiger partial charge in [0, 0.05) is 12.1 Å². The quantitative estimate of drug-likeness (QED) is 0.491. The van der Waals surface area contributed by atoms with Crippen LogP contribution in [0.1, 0.15) is 11.7 Å². The van der Waals surface area contributed by atoms with Crippen molar-refractivity contribution in [2.75, 3.05) is 0 Å². The number of nitrogens with two attached hydrogens (primary N) is 1. The first-order valence-corrected chi connectivity index (χ1v) is 4.34. The molecule has 4 N–H and O–H groups in total. The SMILES string of the molecule is N[C@H](C(=O)O)C(O)c1cccc([N+](=O)[O-])c1. The van der Waals surface area contributed by atoms with E-state index in [2.05, 4.69) is 0 Å². The summed E-state index contributed by atoms with van der Waals surface area (Å²) in [6.07, 6.45) is -1.47. The highest BCUT2D eigenvalue weighted by molar-refractivity contribution is 5.74. The van der Waals surface area contributed by atoms with Crippen LogP contribution in [0.25, 0.3) is 0 Å². The van der Waals surface area contributed by atoms with Crippen molar-refractivity contribution in [2.24, 2.45) is 5.73 Å². The van der Waals surface area contributed by atoms with Gasteiger partial charge in [-0.05, 0) is 5.56 Å². The summed E-state index contributed by atoms with van der Waals surface area (Å²) in [5.74, 6) is -1.38. The van der Waals surface area contributed by atoms with Crippen molar-refractivity contribution in [2.45, 2.75) is 12.1 Å². The first-order chi connectivity index (χ1) is 7.43. The summed E-state index contributed by atoms with van der Waals surface area (Å²) in [6, 6.07) is 3.55. The molecule has 1 rings (SSSR count). The van der Waals surface area contributed by atoms with E-state index < -0.39 is 23.0 Å². The zero-order valence-electron chi connectivity index (χ0n) is 8.11. The van der Waals surface area contributed by atoms with E-state index in [1.165, 1.54) is 18.2 Å². The van der Waals surface area contributed by atoms with Gasteiger partial charge < -0.3 is 15.9 Å². The number of carboxylic acid groups (broad SMARTS) is 1. The van der Waals surface area contributed by atoms with Crippen molar-refractivity contribution in [1.29, 1.82) is 0 Å². The summed E-state index contributed by atoms with van der Waals surface area (Å²) in [4.78, 5) is 20.3. The molecule has 7 heteroatoms. The van der Waals surface area contributed by atoms with Gasteiger partial charge in [0.15, 0.2) is 0 Å². The molecule has 86 valence electrons. The number of benzene rings is 1. The molecule has 7 nitrogen and oxygen atoms in total. The lowest BCUT2D eigenvalue weighted by Crippen LogP contribution is -2.36. The number of aliphatic hydroxyl groups excluding tert-OH is 1. The fourth-order valence-corrected chi connectivity index (χ4v) is 1.16. The number of nitrogens with zero attached hydrogens (tertiary/aromatic N) is 1. The molecule has 0 aliphatic heterocycles. The van der Waals surface area contributed by atoms with E-state index in [0.29, 0.717) is 0 Å².